The number of halogens is 3. The molecule has 0 bridgehead atoms. The minimum Gasteiger partial charge on any atom is -0.496 e. The van der Waals surface area contributed by atoms with Gasteiger partial charge in [0.1, 0.15) is 11.6 Å². The minimum absolute atomic E-state index is 0.0136. The van der Waals surface area contributed by atoms with Gasteiger partial charge >= 0.3 is 0 Å². The molecule has 0 heterocycles. The number of ether oxygens (including phenoxy) is 1. The lowest BCUT2D eigenvalue weighted by Gasteiger charge is -2.17. The molecule has 0 aliphatic heterocycles. The van der Waals surface area contributed by atoms with Crippen LogP contribution in [0.1, 0.15) is 17.0 Å². The highest BCUT2D eigenvalue weighted by atomic mass is 35.5. The van der Waals surface area contributed by atoms with Crippen molar-refractivity contribution in [2.24, 2.45) is 0 Å². The lowest BCUT2D eigenvalue weighted by Crippen LogP contribution is -2.06. The molecule has 1 atom stereocenters. The normalized spacial score (nSPS) is 12.2. The molecule has 106 valence electrons. The average Bonchev–Trinajstić information content (AvgIpc) is 2.45. The highest BCUT2D eigenvalue weighted by molar-refractivity contribution is 6.30. The summed E-state index contributed by atoms with van der Waals surface area (Å²) in [7, 11) is 1.62. The zero-order chi connectivity index (χ0) is 14.5. The van der Waals surface area contributed by atoms with Crippen LogP contribution < -0.4 is 4.74 Å². The second-order valence-corrected chi connectivity index (χ2v) is 5.31. The van der Waals surface area contributed by atoms with E-state index in [2.05, 4.69) is 0 Å². The summed E-state index contributed by atoms with van der Waals surface area (Å²) in [6.07, 6.45) is 0.649. The first-order valence-corrected chi connectivity index (χ1v) is 7.19. The predicted molar refractivity (Wildman–Crippen MR) is 81.6 cm³/mol. The maximum atomic E-state index is 13.3. The van der Waals surface area contributed by atoms with Gasteiger partial charge in [-0.15, -0.1) is 11.6 Å². The molecule has 2 rings (SSSR count). The third-order valence-corrected chi connectivity index (χ3v) is 3.82. The highest BCUT2D eigenvalue weighted by Crippen LogP contribution is 2.29. The molecule has 0 aliphatic rings. The van der Waals surface area contributed by atoms with Crippen LogP contribution in [-0.2, 0) is 6.42 Å². The maximum Gasteiger partial charge on any atom is 0.123 e. The van der Waals surface area contributed by atoms with Crippen molar-refractivity contribution in [2.45, 2.75) is 12.3 Å². The Morgan fingerprint density at radius 1 is 1.20 bits per heavy atom. The quantitative estimate of drug-likeness (QED) is 0.702. The van der Waals surface area contributed by atoms with E-state index in [9.17, 15) is 4.39 Å². The van der Waals surface area contributed by atoms with Crippen LogP contribution in [0, 0.1) is 5.82 Å². The van der Waals surface area contributed by atoms with Crippen molar-refractivity contribution < 1.29 is 9.13 Å². The summed E-state index contributed by atoms with van der Waals surface area (Å²) in [4.78, 5) is 0. The smallest absolute Gasteiger partial charge is 0.123 e. The molecule has 0 aromatic heterocycles. The second-order valence-electron chi connectivity index (χ2n) is 4.57. The number of alkyl halides is 1. The molecule has 0 spiro atoms. The van der Waals surface area contributed by atoms with Crippen LogP contribution in [0.4, 0.5) is 4.39 Å². The predicted octanol–water partition coefficient (Wildman–Crippen LogP) is 5.05. The number of benzene rings is 2. The van der Waals surface area contributed by atoms with E-state index in [4.69, 9.17) is 27.9 Å². The van der Waals surface area contributed by atoms with Crippen molar-refractivity contribution in [3.05, 3.63) is 64.4 Å². The first-order valence-electron chi connectivity index (χ1n) is 6.28. The lowest BCUT2D eigenvalue weighted by atomic mass is 9.93. The summed E-state index contributed by atoms with van der Waals surface area (Å²) in [5.41, 5.74) is 1.84. The van der Waals surface area contributed by atoms with E-state index < -0.39 is 0 Å². The van der Waals surface area contributed by atoms with E-state index >= 15 is 0 Å². The van der Waals surface area contributed by atoms with Gasteiger partial charge in [-0.2, -0.15) is 0 Å². The molecule has 0 radical (unpaired) electrons. The van der Waals surface area contributed by atoms with Crippen molar-refractivity contribution in [3.8, 4) is 5.75 Å². The molecule has 2 aromatic rings. The molecule has 2 aromatic carbocycles. The number of methoxy groups -OCH3 is 1. The molecule has 4 heteroatoms. The molecule has 1 unspecified atom stereocenters. The molecule has 20 heavy (non-hydrogen) atoms. The van der Waals surface area contributed by atoms with Crippen molar-refractivity contribution >= 4 is 23.2 Å². The fourth-order valence-corrected chi connectivity index (χ4v) is 2.68. The largest absolute Gasteiger partial charge is 0.496 e. The van der Waals surface area contributed by atoms with Gasteiger partial charge in [-0.05, 0) is 47.9 Å². The van der Waals surface area contributed by atoms with Gasteiger partial charge in [0.25, 0.3) is 0 Å². The zero-order valence-corrected chi connectivity index (χ0v) is 12.6. The Labute approximate surface area is 128 Å². The van der Waals surface area contributed by atoms with Crippen molar-refractivity contribution in [3.63, 3.8) is 0 Å². The molecule has 0 saturated heterocycles. The van der Waals surface area contributed by atoms with Crippen LogP contribution in [0.2, 0.25) is 5.02 Å². The molecule has 1 nitrogen and oxygen atoms in total. The van der Waals surface area contributed by atoms with E-state index in [1.807, 2.05) is 18.2 Å². The van der Waals surface area contributed by atoms with E-state index in [1.165, 1.54) is 12.1 Å². The third kappa shape index (κ3) is 3.65. The van der Waals surface area contributed by atoms with E-state index in [-0.39, 0.29) is 11.7 Å². The number of rotatable bonds is 5. The third-order valence-electron chi connectivity index (χ3n) is 3.22. The van der Waals surface area contributed by atoms with Gasteiger partial charge in [0.15, 0.2) is 0 Å². The van der Waals surface area contributed by atoms with Gasteiger partial charge in [0.05, 0.1) is 7.11 Å². The van der Waals surface area contributed by atoms with Crippen molar-refractivity contribution in [2.75, 3.05) is 13.0 Å². The first-order chi connectivity index (χ1) is 9.63. The molecular weight excluding hydrogens is 298 g/mol. The minimum atomic E-state index is -0.254. The molecular formula is C16H15Cl2FO. The molecule has 0 amide bonds. The maximum absolute atomic E-state index is 13.3. The van der Waals surface area contributed by atoms with Gasteiger partial charge in [0.2, 0.25) is 0 Å². The first kappa shape index (κ1) is 15.1. The fraction of sp³-hybridized carbons (Fsp3) is 0.250. The van der Waals surface area contributed by atoms with E-state index in [1.54, 1.807) is 19.2 Å². The van der Waals surface area contributed by atoms with Gasteiger partial charge in [-0.1, -0.05) is 23.7 Å². The molecule has 0 fully saturated rings. The van der Waals surface area contributed by atoms with Crippen molar-refractivity contribution in [1.82, 2.24) is 0 Å². The Balaban J connectivity index is 2.28. The van der Waals surface area contributed by atoms with E-state index in [0.29, 0.717) is 17.3 Å². The average molecular weight is 313 g/mol. The Morgan fingerprint density at radius 2 is 2.00 bits per heavy atom. The van der Waals surface area contributed by atoms with Crippen LogP contribution >= 0.6 is 23.2 Å². The molecule has 0 saturated carbocycles. The standard InChI is InChI=1S/C16H15Cl2FO/c1-20-16-6-5-14(18)8-12(16)7-13(10-17)11-3-2-4-15(19)9-11/h2-6,8-9,13H,7,10H2,1H3. The van der Waals surface area contributed by atoms with Crippen LogP contribution in [0.3, 0.4) is 0 Å². The summed E-state index contributed by atoms with van der Waals surface area (Å²) in [5.74, 6) is 0.926. The Bertz CT molecular complexity index is 586. The lowest BCUT2D eigenvalue weighted by molar-refractivity contribution is 0.408. The zero-order valence-electron chi connectivity index (χ0n) is 11.1. The monoisotopic (exact) mass is 312 g/mol. The Hall–Kier alpha value is -1.25. The van der Waals surface area contributed by atoms with Gasteiger partial charge in [-0.3, -0.25) is 0 Å². The Morgan fingerprint density at radius 3 is 2.65 bits per heavy atom. The van der Waals surface area contributed by atoms with Crippen LogP contribution in [0.5, 0.6) is 5.75 Å². The molecule has 0 aliphatic carbocycles. The highest BCUT2D eigenvalue weighted by Gasteiger charge is 2.15. The van der Waals surface area contributed by atoms with Crippen molar-refractivity contribution in [1.29, 1.82) is 0 Å². The van der Waals surface area contributed by atoms with Gasteiger partial charge < -0.3 is 4.74 Å². The van der Waals surface area contributed by atoms with Crippen LogP contribution in [-0.4, -0.2) is 13.0 Å². The molecule has 0 N–H and O–H groups in total. The summed E-state index contributed by atoms with van der Waals surface area (Å²) < 4.78 is 18.7. The SMILES string of the molecule is COc1ccc(Cl)cc1CC(CCl)c1cccc(F)c1. The fourth-order valence-electron chi connectivity index (χ4n) is 2.19. The summed E-state index contributed by atoms with van der Waals surface area (Å²) in [6.45, 7) is 0. The topological polar surface area (TPSA) is 9.23 Å². The van der Waals surface area contributed by atoms with E-state index in [0.717, 1.165) is 16.9 Å². The van der Waals surface area contributed by atoms with Gasteiger partial charge in [-0.25, -0.2) is 4.39 Å². The second kappa shape index (κ2) is 6.96. The van der Waals surface area contributed by atoms with Crippen LogP contribution in [0.15, 0.2) is 42.5 Å². The van der Waals surface area contributed by atoms with Gasteiger partial charge in [0, 0.05) is 16.8 Å². The summed E-state index contributed by atoms with van der Waals surface area (Å²) in [5, 5.41) is 0.647. The number of hydrogen-bond donors (Lipinski definition) is 0. The number of hydrogen-bond acceptors (Lipinski definition) is 1. The summed E-state index contributed by atoms with van der Waals surface area (Å²) >= 11 is 12.1. The summed E-state index contributed by atoms with van der Waals surface area (Å²) in [6, 6.07) is 12.0. The van der Waals surface area contributed by atoms with Crippen LogP contribution in [0.25, 0.3) is 0 Å². The Kier molecular flexibility index (Phi) is 5.27.